The molecule has 0 unspecified atom stereocenters. The molecule has 1 aliphatic heterocycles. The molecule has 26 heavy (non-hydrogen) atoms. The number of thiophene rings is 1. The minimum absolute atomic E-state index is 0.000664. The zero-order valence-electron chi connectivity index (χ0n) is 14.6. The number of nitrogens with zero attached hydrogens (tertiary/aromatic N) is 2. The summed E-state index contributed by atoms with van der Waals surface area (Å²) in [7, 11) is 0. The molecule has 1 saturated heterocycles. The maximum atomic E-state index is 12.5. The van der Waals surface area contributed by atoms with Crippen molar-refractivity contribution in [2.24, 2.45) is 0 Å². The molecule has 1 amide bonds. The Balaban J connectivity index is 1.44. The van der Waals surface area contributed by atoms with Gasteiger partial charge in [-0.15, -0.1) is 11.3 Å². The molecule has 3 rings (SSSR count). The number of ether oxygens (including phenoxy) is 1. The zero-order valence-corrected chi connectivity index (χ0v) is 16.2. The molecule has 0 N–H and O–H groups in total. The van der Waals surface area contributed by atoms with Crippen molar-refractivity contribution in [3.05, 3.63) is 51.2 Å². The highest BCUT2D eigenvalue weighted by Gasteiger charge is 2.23. The summed E-state index contributed by atoms with van der Waals surface area (Å²) in [4.78, 5) is 28.7. The summed E-state index contributed by atoms with van der Waals surface area (Å²) in [5.41, 5.74) is 0.607. The van der Waals surface area contributed by atoms with Crippen LogP contribution in [-0.2, 0) is 0 Å². The molecule has 0 saturated carbocycles. The van der Waals surface area contributed by atoms with Gasteiger partial charge in [-0.2, -0.15) is 0 Å². The number of amides is 1. The van der Waals surface area contributed by atoms with Crippen molar-refractivity contribution in [1.29, 1.82) is 0 Å². The van der Waals surface area contributed by atoms with E-state index < -0.39 is 0 Å². The Morgan fingerprint density at radius 2 is 1.92 bits per heavy atom. The van der Waals surface area contributed by atoms with Gasteiger partial charge in [0.2, 0.25) is 0 Å². The number of carbonyl (C=O) groups is 2. The van der Waals surface area contributed by atoms with Crippen LogP contribution >= 0.6 is 22.9 Å². The minimum Gasteiger partial charge on any atom is -0.491 e. The highest BCUT2D eigenvalue weighted by Crippen LogP contribution is 2.23. The molecule has 1 aromatic carbocycles. The maximum Gasteiger partial charge on any atom is 0.254 e. The third kappa shape index (κ3) is 4.63. The molecule has 1 aliphatic rings. The second-order valence-corrected chi connectivity index (χ2v) is 7.49. The molecular formula is C19H21ClN2O3S. The number of ketones is 1. The lowest BCUT2D eigenvalue weighted by Crippen LogP contribution is -2.49. The average Bonchev–Trinajstić information content (AvgIpc) is 3.14. The monoisotopic (exact) mass is 392 g/mol. The first-order valence-corrected chi connectivity index (χ1v) is 9.79. The molecule has 2 heterocycles. The van der Waals surface area contributed by atoms with E-state index in [4.69, 9.17) is 16.3 Å². The van der Waals surface area contributed by atoms with Crippen LogP contribution < -0.4 is 4.74 Å². The quantitative estimate of drug-likeness (QED) is 0.706. The Morgan fingerprint density at radius 3 is 2.58 bits per heavy atom. The Kier molecular flexibility index (Phi) is 6.29. The van der Waals surface area contributed by atoms with Gasteiger partial charge in [-0.1, -0.05) is 23.7 Å². The van der Waals surface area contributed by atoms with E-state index in [1.165, 1.54) is 18.3 Å². The van der Waals surface area contributed by atoms with Crippen molar-refractivity contribution in [3.8, 4) is 5.75 Å². The first kappa shape index (κ1) is 18.9. The fourth-order valence-electron chi connectivity index (χ4n) is 2.84. The number of para-hydroxylation sites is 1. The topological polar surface area (TPSA) is 49.9 Å². The van der Waals surface area contributed by atoms with Crippen LogP contribution in [0, 0.1) is 0 Å². The molecule has 1 aromatic heterocycles. The van der Waals surface area contributed by atoms with E-state index in [2.05, 4.69) is 4.90 Å². The van der Waals surface area contributed by atoms with Crippen LogP contribution in [-0.4, -0.2) is 60.8 Å². The SMILES string of the molecule is CC(=O)c1cc(C(=O)N2CCN(CCOc3ccccc3Cl)CC2)cs1. The van der Waals surface area contributed by atoms with Gasteiger partial charge in [0.05, 0.1) is 15.5 Å². The number of halogens is 1. The summed E-state index contributed by atoms with van der Waals surface area (Å²) in [6.45, 7) is 5.84. The number of Topliss-reactive ketones (excluding diaryl/α,β-unsaturated/α-hetero) is 1. The average molecular weight is 393 g/mol. The summed E-state index contributed by atoms with van der Waals surface area (Å²) in [5, 5.41) is 2.38. The standard InChI is InChI=1S/C19H21ClN2O3S/c1-14(23)18-12-15(13-26-18)19(24)22-8-6-21(7-9-22)10-11-25-17-5-3-2-4-16(17)20/h2-5,12-13H,6-11H2,1H3. The van der Waals surface area contributed by atoms with Crippen molar-refractivity contribution in [2.45, 2.75) is 6.92 Å². The summed E-state index contributed by atoms with van der Waals surface area (Å²) >= 11 is 7.40. The summed E-state index contributed by atoms with van der Waals surface area (Å²) in [6, 6.07) is 9.13. The molecule has 2 aromatic rings. The van der Waals surface area contributed by atoms with Gasteiger partial charge in [-0.3, -0.25) is 14.5 Å². The molecule has 7 heteroatoms. The predicted molar refractivity (Wildman–Crippen MR) is 104 cm³/mol. The van der Waals surface area contributed by atoms with Gasteiger partial charge >= 0.3 is 0 Å². The molecular weight excluding hydrogens is 372 g/mol. The highest BCUT2D eigenvalue weighted by atomic mass is 35.5. The fourth-order valence-corrected chi connectivity index (χ4v) is 3.81. The Labute approximate surface area is 162 Å². The van der Waals surface area contributed by atoms with Crippen molar-refractivity contribution in [2.75, 3.05) is 39.3 Å². The van der Waals surface area contributed by atoms with E-state index in [1.54, 1.807) is 11.4 Å². The molecule has 138 valence electrons. The lowest BCUT2D eigenvalue weighted by molar-refractivity contribution is 0.0621. The third-order valence-electron chi connectivity index (χ3n) is 4.35. The number of rotatable bonds is 6. The number of piperazine rings is 1. The van der Waals surface area contributed by atoms with Crippen molar-refractivity contribution in [3.63, 3.8) is 0 Å². The fraction of sp³-hybridized carbons (Fsp3) is 0.368. The van der Waals surface area contributed by atoms with Gasteiger partial charge < -0.3 is 9.64 Å². The van der Waals surface area contributed by atoms with Crippen LogP contribution in [0.5, 0.6) is 5.75 Å². The zero-order chi connectivity index (χ0) is 18.5. The first-order valence-electron chi connectivity index (χ1n) is 8.53. The number of hydrogen-bond donors (Lipinski definition) is 0. The van der Waals surface area contributed by atoms with Crippen LogP contribution in [0.25, 0.3) is 0 Å². The van der Waals surface area contributed by atoms with Gasteiger partial charge in [0.1, 0.15) is 12.4 Å². The van der Waals surface area contributed by atoms with E-state index in [-0.39, 0.29) is 11.7 Å². The van der Waals surface area contributed by atoms with Crippen LogP contribution in [0.1, 0.15) is 27.0 Å². The summed E-state index contributed by atoms with van der Waals surface area (Å²) in [5.74, 6) is 0.694. The van der Waals surface area contributed by atoms with Crippen molar-refractivity contribution >= 4 is 34.6 Å². The lowest BCUT2D eigenvalue weighted by atomic mass is 10.2. The number of hydrogen-bond acceptors (Lipinski definition) is 5. The van der Waals surface area contributed by atoms with Gasteiger partial charge in [0, 0.05) is 38.1 Å². The Morgan fingerprint density at radius 1 is 1.19 bits per heavy atom. The number of carbonyl (C=O) groups excluding carboxylic acids is 2. The largest absolute Gasteiger partial charge is 0.491 e. The predicted octanol–water partition coefficient (Wildman–Crippen LogP) is 3.44. The first-order chi connectivity index (χ1) is 12.5. The molecule has 0 aliphatic carbocycles. The summed E-state index contributed by atoms with van der Waals surface area (Å²) < 4.78 is 5.72. The Bertz CT molecular complexity index is 785. The van der Waals surface area contributed by atoms with Crippen molar-refractivity contribution < 1.29 is 14.3 Å². The van der Waals surface area contributed by atoms with Crippen LogP contribution in [0.15, 0.2) is 35.7 Å². The van der Waals surface area contributed by atoms with E-state index in [9.17, 15) is 9.59 Å². The number of benzene rings is 1. The smallest absolute Gasteiger partial charge is 0.254 e. The summed E-state index contributed by atoms with van der Waals surface area (Å²) in [6.07, 6.45) is 0. The third-order valence-corrected chi connectivity index (χ3v) is 5.70. The van der Waals surface area contributed by atoms with E-state index in [0.29, 0.717) is 40.9 Å². The normalized spacial score (nSPS) is 15.1. The van der Waals surface area contributed by atoms with Gasteiger partial charge in [-0.25, -0.2) is 0 Å². The van der Waals surface area contributed by atoms with E-state index >= 15 is 0 Å². The van der Waals surface area contributed by atoms with Crippen LogP contribution in [0.2, 0.25) is 5.02 Å². The van der Waals surface area contributed by atoms with Crippen LogP contribution in [0.4, 0.5) is 0 Å². The minimum atomic E-state index is -0.00242. The van der Waals surface area contributed by atoms with E-state index in [1.807, 2.05) is 29.2 Å². The van der Waals surface area contributed by atoms with Gasteiger partial charge in [0.15, 0.2) is 5.78 Å². The highest BCUT2D eigenvalue weighted by molar-refractivity contribution is 7.12. The lowest BCUT2D eigenvalue weighted by Gasteiger charge is -2.34. The molecule has 0 atom stereocenters. The van der Waals surface area contributed by atoms with Crippen LogP contribution in [0.3, 0.4) is 0 Å². The molecule has 1 fully saturated rings. The second kappa shape index (κ2) is 8.66. The van der Waals surface area contributed by atoms with Gasteiger partial charge in [-0.05, 0) is 25.1 Å². The molecule has 0 spiro atoms. The molecule has 0 bridgehead atoms. The second-order valence-electron chi connectivity index (χ2n) is 6.17. The molecule has 5 nitrogen and oxygen atoms in total. The molecule has 0 radical (unpaired) electrons. The Hall–Kier alpha value is -1.89. The van der Waals surface area contributed by atoms with Gasteiger partial charge in [0.25, 0.3) is 5.91 Å². The van der Waals surface area contributed by atoms with E-state index in [0.717, 1.165) is 19.6 Å². The van der Waals surface area contributed by atoms with Crippen molar-refractivity contribution in [1.82, 2.24) is 9.80 Å². The maximum absolute atomic E-state index is 12.5.